The maximum absolute atomic E-state index is 12.4. The van der Waals surface area contributed by atoms with Gasteiger partial charge in [-0.05, 0) is 45.4 Å². The van der Waals surface area contributed by atoms with Crippen LogP contribution in [0.1, 0.15) is 45.7 Å². The van der Waals surface area contributed by atoms with Crippen LogP contribution in [0, 0.1) is 0 Å². The summed E-state index contributed by atoms with van der Waals surface area (Å²) in [5, 5.41) is 6.69. The first kappa shape index (κ1) is 20.4. The number of amides is 2. The molecule has 8 heteroatoms. The second kappa shape index (κ2) is 8.66. The van der Waals surface area contributed by atoms with Crippen LogP contribution in [0.2, 0.25) is 0 Å². The number of aromatic nitrogens is 3. The van der Waals surface area contributed by atoms with Gasteiger partial charge in [-0.1, -0.05) is 12.1 Å². The van der Waals surface area contributed by atoms with E-state index >= 15 is 0 Å². The molecule has 0 unspecified atom stereocenters. The first-order valence-corrected chi connectivity index (χ1v) is 8.85. The molecule has 146 valence electrons. The summed E-state index contributed by atoms with van der Waals surface area (Å²) in [5.74, 6) is -0.0566. The van der Waals surface area contributed by atoms with Crippen molar-refractivity contribution in [3.63, 3.8) is 0 Å². The molecule has 27 heavy (non-hydrogen) atoms. The lowest BCUT2D eigenvalue weighted by Crippen LogP contribution is -2.36. The molecular formula is C19H27N5O3. The molecule has 1 aromatic heterocycles. The molecule has 1 N–H and O–H groups in total. The minimum absolute atomic E-state index is 0.0566. The molecule has 0 aliphatic carbocycles. The highest BCUT2D eigenvalue weighted by atomic mass is 16.6. The highest BCUT2D eigenvalue weighted by Gasteiger charge is 2.19. The van der Waals surface area contributed by atoms with Gasteiger partial charge < -0.3 is 15.0 Å². The normalized spacial score (nSPS) is 12.3. The van der Waals surface area contributed by atoms with Crippen molar-refractivity contribution in [3.8, 4) is 5.69 Å². The quantitative estimate of drug-likeness (QED) is 0.841. The van der Waals surface area contributed by atoms with E-state index in [4.69, 9.17) is 4.74 Å². The van der Waals surface area contributed by atoms with Gasteiger partial charge in [0.15, 0.2) is 0 Å². The molecule has 0 bridgehead atoms. The topological polar surface area (TPSA) is 89.4 Å². The van der Waals surface area contributed by atoms with Gasteiger partial charge in [-0.3, -0.25) is 4.79 Å². The maximum Gasteiger partial charge on any atom is 0.407 e. The summed E-state index contributed by atoms with van der Waals surface area (Å²) in [6.07, 6.45) is 2.80. The van der Waals surface area contributed by atoms with Gasteiger partial charge >= 0.3 is 6.09 Å². The fourth-order valence-corrected chi connectivity index (χ4v) is 2.45. The van der Waals surface area contributed by atoms with Crippen LogP contribution in [0.3, 0.4) is 0 Å². The number of carbonyl (C=O) groups excluding carboxylic acids is 2. The highest BCUT2D eigenvalue weighted by molar-refractivity contribution is 5.77. The van der Waals surface area contributed by atoms with E-state index in [1.807, 2.05) is 31.2 Å². The van der Waals surface area contributed by atoms with Crippen molar-refractivity contribution in [2.75, 3.05) is 13.6 Å². The predicted octanol–water partition coefficient (Wildman–Crippen LogP) is 2.70. The SMILES string of the molecule is C[C@H](c1ccc(-n2cncn2)cc1)N(C)C(=O)CCNC(=O)OC(C)(C)C. The van der Waals surface area contributed by atoms with Crippen LogP contribution in [0.4, 0.5) is 4.79 Å². The first-order valence-electron chi connectivity index (χ1n) is 8.85. The number of ether oxygens (including phenoxy) is 1. The summed E-state index contributed by atoms with van der Waals surface area (Å²) in [7, 11) is 1.76. The van der Waals surface area contributed by atoms with Crippen molar-refractivity contribution < 1.29 is 14.3 Å². The summed E-state index contributed by atoms with van der Waals surface area (Å²) in [4.78, 5) is 29.6. The van der Waals surface area contributed by atoms with Crippen LogP contribution in [0.15, 0.2) is 36.9 Å². The minimum atomic E-state index is -0.558. The Bertz CT molecular complexity index is 751. The number of hydrogen-bond acceptors (Lipinski definition) is 5. The summed E-state index contributed by atoms with van der Waals surface area (Å²) >= 11 is 0. The lowest BCUT2D eigenvalue weighted by molar-refractivity contribution is -0.131. The van der Waals surface area contributed by atoms with Crippen molar-refractivity contribution in [1.82, 2.24) is 25.0 Å². The monoisotopic (exact) mass is 373 g/mol. The Balaban J connectivity index is 1.85. The van der Waals surface area contributed by atoms with Crippen LogP contribution in [-0.4, -0.2) is 50.9 Å². The highest BCUT2D eigenvalue weighted by Crippen LogP contribution is 2.20. The molecule has 0 aliphatic heterocycles. The van der Waals surface area contributed by atoms with E-state index in [1.54, 1.807) is 43.7 Å². The van der Waals surface area contributed by atoms with Crippen molar-refractivity contribution in [1.29, 1.82) is 0 Å². The number of carbonyl (C=O) groups is 2. The van der Waals surface area contributed by atoms with Crippen LogP contribution in [0.25, 0.3) is 5.69 Å². The summed E-state index contributed by atoms with van der Waals surface area (Å²) in [6, 6.07) is 7.70. The van der Waals surface area contributed by atoms with E-state index in [9.17, 15) is 9.59 Å². The van der Waals surface area contributed by atoms with E-state index in [2.05, 4.69) is 15.4 Å². The van der Waals surface area contributed by atoms with E-state index < -0.39 is 11.7 Å². The number of rotatable bonds is 6. The van der Waals surface area contributed by atoms with Gasteiger partial charge in [0.25, 0.3) is 0 Å². The predicted molar refractivity (Wildman–Crippen MR) is 101 cm³/mol. The van der Waals surface area contributed by atoms with E-state index in [1.165, 1.54) is 6.33 Å². The number of alkyl carbamates (subject to hydrolysis) is 1. The molecule has 0 spiro atoms. The Kier molecular flexibility index (Phi) is 6.55. The molecular weight excluding hydrogens is 346 g/mol. The number of nitrogens with zero attached hydrogens (tertiary/aromatic N) is 4. The lowest BCUT2D eigenvalue weighted by Gasteiger charge is -2.26. The minimum Gasteiger partial charge on any atom is -0.444 e. The van der Waals surface area contributed by atoms with E-state index in [0.717, 1.165) is 11.3 Å². The van der Waals surface area contributed by atoms with Crippen molar-refractivity contribution in [3.05, 3.63) is 42.5 Å². The second-order valence-electron chi connectivity index (χ2n) is 7.29. The molecule has 8 nitrogen and oxygen atoms in total. The average Bonchev–Trinajstić information content (AvgIpc) is 3.13. The molecule has 1 atom stereocenters. The summed E-state index contributed by atoms with van der Waals surface area (Å²) < 4.78 is 6.82. The van der Waals surface area contributed by atoms with Crippen LogP contribution < -0.4 is 5.32 Å². The summed E-state index contributed by atoms with van der Waals surface area (Å²) in [5.41, 5.74) is 1.35. The van der Waals surface area contributed by atoms with Gasteiger partial charge in [0.2, 0.25) is 5.91 Å². The van der Waals surface area contributed by atoms with Crippen molar-refractivity contribution in [2.24, 2.45) is 0 Å². The lowest BCUT2D eigenvalue weighted by atomic mass is 10.1. The number of nitrogens with one attached hydrogen (secondary N) is 1. The molecule has 1 heterocycles. The molecule has 0 fully saturated rings. The van der Waals surface area contributed by atoms with Crippen molar-refractivity contribution >= 4 is 12.0 Å². The van der Waals surface area contributed by atoms with Gasteiger partial charge in [-0.25, -0.2) is 14.5 Å². The fraction of sp³-hybridized carbons (Fsp3) is 0.474. The zero-order chi connectivity index (χ0) is 20.0. The third-order valence-electron chi connectivity index (χ3n) is 4.04. The summed E-state index contributed by atoms with van der Waals surface area (Å²) in [6.45, 7) is 7.57. The average molecular weight is 373 g/mol. The van der Waals surface area contributed by atoms with Gasteiger partial charge in [0.1, 0.15) is 18.3 Å². The van der Waals surface area contributed by atoms with Gasteiger partial charge in [0.05, 0.1) is 11.7 Å². The Hall–Kier alpha value is -2.90. The van der Waals surface area contributed by atoms with E-state index in [-0.39, 0.29) is 24.9 Å². The van der Waals surface area contributed by atoms with Gasteiger partial charge in [-0.2, -0.15) is 5.10 Å². The largest absolute Gasteiger partial charge is 0.444 e. The van der Waals surface area contributed by atoms with Crippen LogP contribution >= 0.6 is 0 Å². The first-order chi connectivity index (χ1) is 12.7. The van der Waals surface area contributed by atoms with E-state index in [0.29, 0.717) is 0 Å². The van der Waals surface area contributed by atoms with Gasteiger partial charge in [-0.15, -0.1) is 0 Å². The molecule has 2 aromatic rings. The smallest absolute Gasteiger partial charge is 0.407 e. The zero-order valence-corrected chi connectivity index (χ0v) is 16.5. The molecule has 0 radical (unpaired) electrons. The number of hydrogen-bond donors (Lipinski definition) is 1. The zero-order valence-electron chi connectivity index (χ0n) is 16.5. The fourth-order valence-electron chi connectivity index (χ4n) is 2.45. The van der Waals surface area contributed by atoms with Crippen LogP contribution in [0.5, 0.6) is 0 Å². The molecule has 1 aromatic carbocycles. The number of benzene rings is 1. The third kappa shape index (κ3) is 6.09. The third-order valence-corrected chi connectivity index (χ3v) is 4.04. The molecule has 0 saturated heterocycles. The Morgan fingerprint density at radius 3 is 2.48 bits per heavy atom. The van der Waals surface area contributed by atoms with Crippen molar-refractivity contribution in [2.45, 2.75) is 45.8 Å². The van der Waals surface area contributed by atoms with Gasteiger partial charge in [0, 0.05) is 20.0 Å². The molecule has 2 rings (SSSR count). The molecule has 0 aliphatic rings. The Morgan fingerprint density at radius 2 is 1.93 bits per heavy atom. The second-order valence-corrected chi connectivity index (χ2v) is 7.29. The molecule has 2 amide bonds. The maximum atomic E-state index is 12.4. The van der Waals surface area contributed by atoms with Crippen LogP contribution in [-0.2, 0) is 9.53 Å². The Morgan fingerprint density at radius 1 is 1.26 bits per heavy atom. The standard InChI is InChI=1S/C19H27N5O3/c1-14(15-6-8-16(9-7-15)24-13-20-12-22-24)23(5)17(25)10-11-21-18(26)27-19(2,3)4/h6-9,12-14H,10-11H2,1-5H3,(H,21,26)/t14-/m1/s1. The Labute approximate surface area is 159 Å². The molecule has 0 saturated carbocycles.